The first kappa shape index (κ1) is 31.4. The number of aromatic nitrogens is 1. The number of halogens is 6. The normalized spacial score (nSPS) is 17.1. The third-order valence-electron chi connectivity index (χ3n) is 8.74. The zero-order chi connectivity index (χ0) is 33.8. The van der Waals surface area contributed by atoms with Gasteiger partial charge in [-0.1, -0.05) is 48.5 Å². The van der Waals surface area contributed by atoms with Crippen LogP contribution in [0.1, 0.15) is 27.0 Å². The lowest BCUT2D eigenvalue weighted by Gasteiger charge is -2.39. The molecule has 7 rings (SSSR count). The second-order valence-corrected chi connectivity index (χ2v) is 11.8. The van der Waals surface area contributed by atoms with E-state index < -0.39 is 41.3 Å². The molecule has 12 heteroatoms. The first-order valence-electron chi connectivity index (χ1n) is 15.1. The third-order valence-corrected chi connectivity index (χ3v) is 8.74. The number of carbonyl (C=O) groups excluding carboxylic acids is 2. The highest BCUT2D eigenvalue weighted by Gasteiger charge is 2.39. The molecule has 0 saturated carbocycles. The van der Waals surface area contributed by atoms with E-state index in [4.69, 9.17) is 0 Å². The van der Waals surface area contributed by atoms with E-state index in [1.165, 1.54) is 35.2 Å². The van der Waals surface area contributed by atoms with Gasteiger partial charge in [-0.05, 0) is 65.2 Å². The molecule has 1 aromatic heterocycles. The molecule has 2 aliphatic rings. The van der Waals surface area contributed by atoms with Crippen LogP contribution in [0.5, 0.6) is 0 Å². The third kappa shape index (κ3) is 5.99. The highest BCUT2D eigenvalue weighted by Crippen LogP contribution is 2.36. The SMILES string of the molecule is O=C1Nc2ccc(-c3cccc(C(F)(F)F)c3)cc2C(=O)N2CCN(Cc3cc(-c4cccc(C(F)(F)F)c4)nc4ccccc34)CC12. The molecule has 244 valence electrons. The second kappa shape index (κ2) is 11.8. The quantitative estimate of drug-likeness (QED) is 0.199. The van der Waals surface area contributed by atoms with Gasteiger partial charge < -0.3 is 10.2 Å². The predicted octanol–water partition coefficient (Wildman–Crippen LogP) is 7.89. The van der Waals surface area contributed by atoms with E-state index in [2.05, 4.69) is 10.3 Å². The van der Waals surface area contributed by atoms with Crippen LogP contribution >= 0.6 is 0 Å². The van der Waals surface area contributed by atoms with Gasteiger partial charge in [0.25, 0.3) is 5.91 Å². The van der Waals surface area contributed by atoms with Gasteiger partial charge in [0.05, 0.1) is 33.6 Å². The van der Waals surface area contributed by atoms with Crippen molar-refractivity contribution in [1.29, 1.82) is 0 Å². The maximum atomic E-state index is 13.8. The molecule has 1 saturated heterocycles. The van der Waals surface area contributed by atoms with Crippen molar-refractivity contribution >= 4 is 28.4 Å². The maximum absolute atomic E-state index is 13.8. The van der Waals surface area contributed by atoms with Crippen molar-refractivity contribution in [3.05, 3.63) is 119 Å². The molecule has 1 unspecified atom stereocenters. The van der Waals surface area contributed by atoms with Gasteiger partial charge >= 0.3 is 12.4 Å². The van der Waals surface area contributed by atoms with E-state index in [1.807, 2.05) is 17.0 Å². The van der Waals surface area contributed by atoms with Crippen LogP contribution in [0.4, 0.5) is 32.0 Å². The molecule has 3 heterocycles. The number of para-hydroxylation sites is 1. The standard InChI is InChI=1S/C36H26F6N4O2/c37-35(38,39)25-7-3-5-21(15-25)22-11-12-30-28(17-22)34(48)46-14-13-45(20-32(46)33(47)44-30)19-24-18-31(43-29-10-2-1-9-27(24)29)23-6-4-8-26(16-23)36(40,41)42/h1-12,15-18,32H,13-14,19-20H2,(H,44,47). The summed E-state index contributed by atoms with van der Waals surface area (Å²) in [4.78, 5) is 35.4. The minimum absolute atomic E-state index is 0.181. The number of nitrogens with zero attached hydrogens (tertiary/aromatic N) is 3. The van der Waals surface area contributed by atoms with Crippen LogP contribution in [-0.2, 0) is 23.7 Å². The van der Waals surface area contributed by atoms with Gasteiger partial charge in [-0.2, -0.15) is 26.3 Å². The molecule has 0 bridgehead atoms. The van der Waals surface area contributed by atoms with Crippen LogP contribution in [0.2, 0.25) is 0 Å². The van der Waals surface area contributed by atoms with E-state index in [0.717, 1.165) is 35.2 Å². The Labute approximate surface area is 270 Å². The van der Waals surface area contributed by atoms with Crippen LogP contribution in [0.15, 0.2) is 97.1 Å². The van der Waals surface area contributed by atoms with Gasteiger partial charge in [-0.15, -0.1) is 0 Å². The number of piperazine rings is 1. The lowest BCUT2D eigenvalue weighted by atomic mass is 9.99. The average Bonchev–Trinajstić information content (AvgIpc) is 3.17. The Bertz CT molecular complexity index is 2080. The number of hydrogen-bond acceptors (Lipinski definition) is 4. The van der Waals surface area contributed by atoms with Crippen molar-refractivity contribution < 1.29 is 35.9 Å². The fourth-order valence-electron chi connectivity index (χ4n) is 6.33. The van der Waals surface area contributed by atoms with Crippen LogP contribution in [0.25, 0.3) is 33.3 Å². The predicted molar refractivity (Wildman–Crippen MR) is 168 cm³/mol. The minimum Gasteiger partial charge on any atom is -0.324 e. The summed E-state index contributed by atoms with van der Waals surface area (Å²) in [5.74, 6) is -0.814. The van der Waals surface area contributed by atoms with E-state index in [9.17, 15) is 35.9 Å². The molecule has 2 amide bonds. The summed E-state index contributed by atoms with van der Waals surface area (Å²) >= 11 is 0. The van der Waals surface area contributed by atoms with Crippen LogP contribution in [-0.4, -0.2) is 52.3 Å². The zero-order valence-electron chi connectivity index (χ0n) is 25.1. The average molecular weight is 661 g/mol. The smallest absolute Gasteiger partial charge is 0.324 e. The number of hydrogen-bond donors (Lipinski definition) is 1. The van der Waals surface area contributed by atoms with Crippen LogP contribution < -0.4 is 5.32 Å². The molecule has 6 nitrogen and oxygen atoms in total. The molecule has 1 N–H and O–H groups in total. The number of anilines is 1. The van der Waals surface area contributed by atoms with Gasteiger partial charge in [0.2, 0.25) is 5.91 Å². The fourth-order valence-corrected chi connectivity index (χ4v) is 6.33. The Morgan fingerprint density at radius 3 is 2.12 bits per heavy atom. The lowest BCUT2D eigenvalue weighted by molar-refractivity contribution is -0.138. The molecule has 1 fully saturated rings. The number of pyridine rings is 1. The zero-order valence-corrected chi connectivity index (χ0v) is 25.1. The molecular weight excluding hydrogens is 634 g/mol. The minimum atomic E-state index is -4.53. The summed E-state index contributed by atoms with van der Waals surface area (Å²) in [7, 11) is 0. The summed E-state index contributed by atoms with van der Waals surface area (Å²) in [6.07, 6.45) is -9.04. The van der Waals surface area contributed by atoms with Crippen molar-refractivity contribution in [2.24, 2.45) is 0 Å². The topological polar surface area (TPSA) is 65.5 Å². The Morgan fingerprint density at radius 2 is 1.40 bits per heavy atom. The first-order chi connectivity index (χ1) is 22.8. The fraction of sp³-hybridized carbons (Fsp3) is 0.194. The van der Waals surface area contributed by atoms with Crippen molar-refractivity contribution in [2.75, 3.05) is 25.0 Å². The summed E-state index contributed by atoms with van der Waals surface area (Å²) in [5, 5.41) is 3.63. The van der Waals surface area contributed by atoms with Crippen molar-refractivity contribution in [3.63, 3.8) is 0 Å². The molecule has 1 atom stereocenters. The number of carbonyl (C=O) groups is 2. The first-order valence-corrected chi connectivity index (χ1v) is 15.1. The Kier molecular flexibility index (Phi) is 7.70. The highest BCUT2D eigenvalue weighted by atomic mass is 19.4. The molecule has 2 aliphatic heterocycles. The van der Waals surface area contributed by atoms with E-state index in [1.54, 1.807) is 30.3 Å². The maximum Gasteiger partial charge on any atom is 0.416 e. The van der Waals surface area contributed by atoms with E-state index in [-0.39, 0.29) is 29.9 Å². The second-order valence-electron chi connectivity index (χ2n) is 11.8. The molecule has 0 spiro atoms. The van der Waals surface area contributed by atoms with Crippen molar-refractivity contribution in [1.82, 2.24) is 14.8 Å². The number of fused-ring (bicyclic) bond motifs is 3. The molecular formula is C36H26F6N4O2. The Hall–Kier alpha value is -5.23. The molecule has 4 aromatic carbocycles. The monoisotopic (exact) mass is 660 g/mol. The number of rotatable bonds is 4. The summed E-state index contributed by atoms with van der Waals surface area (Å²) in [5.41, 5.74) is 1.65. The van der Waals surface area contributed by atoms with Crippen molar-refractivity contribution in [2.45, 2.75) is 24.9 Å². The van der Waals surface area contributed by atoms with Crippen LogP contribution in [0.3, 0.4) is 0 Å². The van der Waals surface area contributed by atoms with Crippen molar-refractivity contribution in [3.8, 4) is 22.4 Å². The van der Waals surface area contributed by atoms with Gasteiger partial charge in [-0.3, -0.25) is 14.5 Å². The number of nitrogens with one attached hydrogen (secondary N) is 1. The molecule has 48 heavy (non-hydrogen) atoms. The molecule has 5 aromatic rings. The highest BCUT2D eigenvalue weighted by molar-refractivity contribution is 6.10. The number of alkyl halides is 6. The Balaban J connectivity index is 1.16. The van der Waals surface area contributed by atoms with Gasteiger partial charge in [0.15, 0.2) is 0 Å². The number of benzene rings is 4. The van der Waals surface area contributed by atoms with Crippen LogP contribution in [0, 0.1) is 0 Å². The number of amides is 2. The lowest BCUT2D eigenvalue weighted by Crippen LogP contribution is -2.58. The van der Waals surface area contributed by atoms with Gasteiger partial charge in [-0.25, -0.2) is 4.98 Å². The van der Waals surface area contributed by atoms with E-state index in [0.29, 0.717) is 35.4 Å². The molecule has 0 radical (unpaired) electrons. The molecule has 0 aliphatic carbocycles. The Morgan fingerprint density at radius 1 is 0.729 bits per heavy atom. The largest absolute Gasteiger partial charge is 0.416 e. The van der Waals surface area contributed by atoms with Gasteiger partial charge in [0, 0.05) is 37.1 Å². The summed E-state index contributed by atoms with van der Waals surface area (Å²) in [6.45, 7) is 1.12. The summed E-state index contributed by atoms with van der Waals surface area (Å²) in [6, 6.07) is 22.6. The van der Waals surface area contributed by atoms with Gasteiger partial charge in [0.1, 0.15) is 6.04 Å². The summed E-state index contributed by atoms with van der Waals surface area (Å²) < 4.78 is 80.4. The van der Waals surface area contributed by atoms with E-state index >= 15 is 0 Å².